The molecule has 4 rings (SSSR count). The molecular formula is C24H26N2O. The van der Waals surface area contributed by atoms with Crippen LogP contribution >= 0.6 is 0 Å². The first-order chi connectivity index (χ1) is 13.1. The maximum Gasteiger partial charge on any atom is 0.240 e. The Balaban J connectivity index is 1.36. The topological polar surface area (TPSA) is 32.3 Å². The van der Waals surface area contributed by atoms with E-state index in [0.717, 1.165) is 25.9 Å². The van der Waals surface area contributed by atoms with E-state index in [9.17, 15) is 4.79 Å². The Morgan fingerprint density at radius 3 is 2.44 bits per heavy atom. The first kappa shape index (κ1) is 17.7. The zero-order chi connectivity index (χ0) is 18.7. The number of carbonyl (C=O) groups is 1. The molecule has 1 N–H and O–H groups in total. The molecule has 138 valence electrons. The molecule has 27 heavy (non-hydrogen) atoms. The number of likely N-dealkylation sites (tertiary alicyclic amines) is 1. The van der Waals surface area contributed by atoms with Gasteiger partial charge in [-0.15, -0.1) is 0 Å². The van der Waals surface area contributed by atoms with Gasteiger partial charge in [0.25, 0.3) is 0 Å². The van der Waals surface area contributed by atoms with E-state index in [4.69, 9.17) is 0 Å². The van der Waals surface area contributed by atoms with Gasteiger partial charge in [-0.3, -0.25) is 9.69 Å². The van der Waals surface area contributed by atoms with E-state index in [-0.39, 0.29) is 5.91 Å². The molecule has 1 heterocycles. The summed E-state index contributed by atoms with van der Waals surface area (Å²) in [5.41, 5.74) is 2.11. The summed E-state index contributed by atoms with van der Waals surface area (Å²) in [7, 11) is 0. The second-order valence-corrected chi connectivity index (χ2v) is 7.62. The molecule has 1 unspecified atom stereocenters. The van der Waals surface area contributed by atoms with Crippen molar-refractivity contribution in [2.45, 2.75) is 31.8 Å². The number of benzene rings is 3. The van der Waals surface area contributed by atoms with Crippen LogP contribution in [0.15, 0.2) is 72.8 Å². The fourth-order valence-corrected chi connectivity index (χ4v) is 3.83. The minimum Gasteiger partial charge on any atom is -0.354 e. The Hall–Kier alpha value is -2.65. The smallest absolute Gasteiger partial charge is 0.240 e. The number of hydrogen-bond acceptors (Lipinski definition) is 2. The Kier molecular flexibility index (Phi) is 4.95. The molecule has 3 heteroatoms. The minimum absolute atomic E-state index is 0.144. The summed E-state index contributed by atoms with van der Waals surface area (Å²) in [6, 6.07) is 25.3. The van der Waals surface area contributed by atoms with E-state index < -0.39 is 5.54 Å². The summed E-state index contributed by atoms with van der Waals surface area (Å²) >= 11 is 0. The summed E-state index contributed by atoms with van der Waals surface area (Å²) in [4.78, 5) is 15.1. The summed E-state index contributed by atoms with van der Waals surface area (Å²) < 4.78 is 0. The minimum atomic E-state index is -0.400. The SMILES string of the molecule is CC1(C(=O)NCCc2ccccc2)CCN1Cc1ccc2ccccc2c1. The highest BCUT2D eigenvalue weighted by atomic mass is 16.2. The molecule has 0 bridgehead atoms. The second-order valence-electron chi connectivity index (χ2n) is 7.62. The third kappa shape index (κ3) is 3.74. The summed E-state index contributed by atoms with van der Waals surface area (Å²) in [5.74, 6) is 0.144. The first-order valence-electron chi connectivity index (χ1n) is 9.70. The van der Waals surface area contributed by atoms with Gasteiger partial charge in [0.1, 0.15) is 0 Å². The summed E-state index contributed by atoms with van der Waals surface area (Å²) in [5, 5.41) is 5.65. The molecule has 0 aromatic heterocycles. The van der Waals surface area contributed by atoms with Crippen LogP contribution in [0.4, 0.5) is 0 Å². The number of nitrogens with one attached hydrogen (secondary N) is 1. The highest BCUT2D eigenvalue weighted by Gasteiger charge is 2.46. The largest absolute Gasteiger partial charge is 0.354 e. The Labute approximate surface area is 161 Å². The maximum atomic E-state index is 12.8. The lowest BCUT2D eigenvalue weighted by Gasteiger charge is -2.49. The van der Waals surface area contributed by atoms with Gasteiger partial charge in [-0.2, -0.15) is 0 Å². The fourth-order valence-electron chi connectivity index (χ4n) is 3.83. The molecular weight excluding hydrogens is 332 g/mol. The third-order valence-corrected chi connectivity index (χ3v) is 5.79. The lowest BCUT2D eigenvalue weighted by atomic mass is 9.85. The molecule has 1 aliphatic heterocycles. The standard InChI is InChI=1S/C24H26N2O/c1-24(23(27)25-15-13-19-7-3-2-4-8-19)14-16-26(24)18-20-11-12-21-9-5-6-10-22(21)17-20/h2-12,17H,13-16,18H2,1H3,(H,25,27). The van der Waals surface area contributed by atoms with Crippen LogP contribution < -0.4 is 5.32 Å². The summed E-state index contributed by atoms with van der Waals surface area (Å²) in [6.45, 7) is 4.53. The van der Waals surface area contributed by atoms with E-state index in [2.05, 4.69) is 71.7 Å². The number of fused-ring (bicyclic) bond motifs is 1. The van der Waals surface area contributed by atoms with Crippen LogP contribution in [0.2, 0.25) is 0 Å². The molecule has 3 nitrogen and oxygen atoms in total. The number of rotatable bonds is 6. The van der Waals surface area contributed by atoms with Crippen molar-refractivity contribution < 1.29 is 4.79 Å². The molecule has 0 saturated carbocycles. The highest BCUT2D eigenvalue weighted by molar-refractivity contribution is 5.87. The lowest BCUT2D eigenvalue weighted by molar-refractivity contribution is -0.141. The van der Waals surface area contributed by atoms with Crippen molar-refractivity contribution in [1.29, 1.82) is 0 Å². The van der Waals surface area contributed by atoms with Crippen molar-refractivity contribution >= 4 is 16.7 Å². The van der Waals surface area contributed by atoms with Crippen LogP contribution in [0.5, 0.6) is 0 Å². The van der Waals surface area contributed by atoms with Gasteiger partial charge in [0.2, 0.25) is 5.91 Å². The predicted octanol–water partition coefficient (Wildman–Crippen LogP) is 4.16. The average Bonchev–Trinajstić information content (AvgIpc) is 2.71. The van der Waals surface area contributed by atoms with Crippen LogP contribution in [0.25, 0.3) is 10.8 Å². The van der Waals surface area contributed by atoms with Gasteiger partial charge in [-0.1, -0.05) is 66.7 Å². The second kappa shape index (κ2) is 7.53. The van der Waals surface area contributed by atoms with Crippen molar-refractivity contribution in [1.82, 2.24) is 10.2 Å². The van der Waals surface area contributed by atoms with Gasteiger partial charge in [-0.05, 0) is 47.7 Å². The van der Waals surface area contributed by atoms with Gasteiger partial charge in [-0.25, -0.2) is 0 Å². The van der Waals surface area contributed by atoms with E-state index in [1.807, 2.05) is 18.2 Å². The maximum absolute atomic E-state index is 12.8. The molecule has 3 aromatic rings. The lowest BCUT2D eigenvalue weighted by Crippen LogP contribution is -2.65. The van der Waals surface area contributed by atoms with Gasteiger partial charge >= 0.3 is 0 Å². The van der Waals surface area contributed by atoms with Crippen LogP contribution in [0, 0.1) is 0 Å². The number of hydrogen-bond donors (Lipinski definition) is 1. The van der Waals surface area contributed by atoms with E-state index in [1.165, 1.54) is 21.9 Å². The van der Waals surface area contributed by atoms with Crippen molar-refractivity contribution in [3.05, 3.63) is 83.9 Å². The van der Waals surface area contributed by atoms with Crippen LogP contribution in [0.1, 0.15) is 24.5 Å². The van der Waals surface area contributed by atoms with Crippen molar-refractivity contribution in [2.75, 3.05) is 13.1 Å². The molecule has 0 radical (unpaired) electrons. The van der Waals surface area contributed by atoms with Crippen LogP contribution in [-0.4, -0.2) is 29.4 Å². The van der Waals surface area contributed by atoms with Crippen LogP contribution in [-0.2, 0) is 17.8 Å². The van der Waals surface area contributed by atoms with Crippen molar-refractivity contribution in [3.63, 3.8) is 0 Å². The molecule has 1 atom stereocenters. The fraction of sp³-hybridized carbons (Fsp3) is 0.292. The first-order valence-corrected chi connectivity index (χ1v) is 9.70. The summed E-state index contributed by atoms with van der Waals surface area (Å²) in [6.07, 6.45) is 1.78. The van der Waals surface area contributed by atoms with Gasteiger partial charge in [0.15, 0.2) is 0 Å². The van der Waals surface area contributed by atoms with E-state index in [1.54, 1.807) is 0 Å². The van der Waals surface area contributed by atoms with Crippen molar-refractivity contribution in [2.24, 2.45) is 0 Å². The number of nitrogens with zero attached hydrogens (tertiary/aromatic N) is 1. The number of amides is 1. The van der Waals surface area contributed by atoms with E-state index in [0.29, 0.717) is 6.54 Å². The van der Waals surface area contributed by atoms with Gasteiger partial charge in [0, 0.05) is 19.6 Å². The molecule has 1 fully saturated rings. The molecule has 0 spiro atoms. The third-order valence-electron chi connectivity index (χ3n) is 5.79. The van der Waals surface area contributed by atoms with Gasteiger partial charge in [0.05, 0.1) is 5.54 Å². The molecule has 3 aromatic carbocycles. The molecule has 1 amide bonds. The Bertz CT molecular complexity index is 937. The van der Waals surface area contributed by atoms with Crippen molar-refractivity contribution in [3.8, 4) is 0 Å². The number of carbonyl (C=O) groups excluding carboxylic acids is 1. The zero-order valence-electron chi connectivity index (χ0n) is 15.8. The highest BCUT2D eigenvalue weighted by Crippen LogP contribution is 2.32. The predicted molar refractivity (Wildman–Crippen MR) is 111 cm³/mol. The molecule has 1 aliphatic rings. The van der Waals surface area contributed by atoms with E-state index >= 15 is 0 Å². The molecule has 0 aliphatic carbocycles. The monoisotopic (exact) mass is 358 g/mol. The van der Waals surface area contributed by atoms with Crippen LogP contribution in [0.3, 0.4) is 0 Å². The Morgan fingerprint density at radius 1 is 0.963 bits per heavy atom. The Morgan fingerprint density at radius 2 is 1.70 bits per heavy atom. The average molecular weight is 358 g/mol. The zero-order valence-corrected chi connectivity index (χ0v) is 15.8. The molecule has 1 saturated heterocycles. The normalized spacial score (nSPS) is 19.6. The quantitative estimate of drug-likeness (QED) is 0.717. The van der Waals surface area contributed by atoms with Gasteiger partial charge < -0.3 is 5.32 Å².